The molecule has 10 heteroatoms. The topological polar surface area (TPSA) is 108 Å². The third-order valence-corrected chi connectivity index (χ3v) is 6.64. The van der Waals surface area contributed by atoms with Gasteiger partial charge in [0, 0.05) is 12.0 Å². The van der Waals surface area contributed by atoms with Crippen molar-refractivity contribution in [1.82, 2.24) is 0 Å². The maximum atomic E-state index is 11.8. The minimum absolute atomic E-state index is 0.136. The molecule has 0 aliphatic rings. The molecular formula is C34H64O10. The van der Waals surface area contributed by atoms with Gasteiger partial charge in [0.25, 0.3) is 0 Å². The minimum atomic E-state index is -0.411. The Kier molecular flexibility index (Phi) is 34.6. The van der Waals surface area contributed by atoms with Crippen LogP contribution in [-0.4, -0.2) is 104 Å². The van der Waals surface area contributed by atoms with Gasteiger partial charge in [0.05, 0.1) is 79.3 Å². The predicted molar refractivity (Wildman–Crippen MR) is 172 cm³/mol. The van der Waals surface area contributed by atoms with E-state index in [2.05, 4.69) is 13.5 Å². The number of rotatable bonds is 36. The van der Waals surface area contributed by atoms with Crippen LogP contribution in [0.5, 0.6) is 0 Å². The van der Waals surface area contributed by atoms with Gasteiger partial charge in [-0.15, -0.1) is 0 Å². The standard InChI is InChI=1S/C34H64O10/c1-4-5-6-7-8-9-10-11-12-13-14-15-16-17-33(35)43-30-28-41-26-24-39-22-20-37-18-19-38-21-23-40-25-27-42-29-31-44-34(36)32(2)3/h2,4-31H2,1,3H3. The quantitative estimate of drug-likeness (QED) is 0.0448. The Balaban J connectivity index is 3.16. The van der Waals surface area contributed by atoms with Crippen LogP contribution in [0.25, 0.3) is 0 Å². The molecule has 44 heavy (non-hydrogen) atoms. The third-order valence-electron chi connectivity index (χ3n) is 6.64. The fourth-order valence-electron chi connectivity index (χ4n) is 4.09. The van der Waals surface area contributed by atoms with Gasteiger partial charge in [-0.05, 0) is 13.3 Å². The van der Waals surface area contributed by atoms with E-state index in [1.807, 2.05) is 0 Å². The second-order valence-electron chi connectivity index (χ2n) is 10.8. The van der Waals surface area contributed by atoms with E-state index in [1.165, 1.54) is 70.6 Å². The average molecular weight is 633 g/mol. The smallest absolute Gasteiger partial charge is 0.333 e. The zero-order valence-electron chi connectivity index (χ0n) is 28.1. The number of ether oxygens (including phenoxy) is 8. The van der Waals surface area contributed by atoms with Gasteiger partial charge < -0.3 is 37.9 Å². The van der Waals surface area contributed by atoms with Crippen LogP contribution in [-0.2, 0) is 47.5 Å². The van der Waals surface area contributed by atoms with Crippen molar-refractivity contribution in [2.24, 2.45) is 0 Å². The van der Waals surface area contributed by atoms with Crippen LogP contribution < -0.4 is 0 Å². The SMILES string of the molecule is C=C(C)C(=O)OCCOCCOCCOCCOCCOCCOCCOC(=O)CCCCCCCCCCCCCCC. The molecule has 0 saturated carbocycles. The van der Waals surface area contributed by atoms with Gasteiger partial charge in [-0.1, -0.05) is 90.6 Å². The zero-order valence-corrected chi connectivity index (χ0v) is 28.1. The fraction of sp³-hybridized carbons (Fsp3) is 0.882. The van der Waals surface area contributed by atoms with Crippen LogP contribution in [0.2, 0.25) is 0 Å². The summed E-state index contributed by atoms with van der Waals surface area (Å²) < 4.78 is 42.6. The Morgan fingerprint density at radius 2 is 0.727 bits per heavy atom. The number of carbonyl (C=O) groups excluding carboxylic acids is 2. The van der Waals surface area contributed by atoms with Gasteiger partial charge >= 0.3 is 11.9 Å². The number of hydrogen-bond acceptors (Lipinski definition) is 10. The van der Waals surface area contributed by atoms with Crippen LogP contribution in [0.3, 0.4) is 0 Å². The summed E-state index contributed by atoms with van der Waals surface area (Å²) in [6.07, 6.45) is 17.3. The van der Waals surface area contributed by atoms with E-state index in [9.17, 15) is 9.59 Å². The van der Waals surface area contributed by atoms with Gasteiger partial charge in [0.2, 0.25) is 0 Å². The minimum Gasteiger partial charge on any atom is -0.463 e. The molecule has 0 saturated heterocycles. The lowest BCUT2D eigenvalue weighted by Crippen LogP contribution is -2.15. The highest BCUT2D eigenvalue weighted by Crippen LogP contribution is 2.13. The van der Waals surface area contributed by atoms with E-state index in [-0.39, 0.29) is 19.2 Å². The zero-order chi connectivity index (χ0) is 32.2. The van der Waals surface area contributed by atoms with Crippen molar-refractivity contribution in [2.45, 2.75) is 104 Å². The molecule has 260 valence electrons. The van der Waals surface area contributed by atoms with Crippen LogP contribution in [0.15, 0.2) is 12.2 Å². The molecule has 0 aliphatic carbocycles. The van der Waals surface area contributed by atoms with Crippen LogP contribution in [0.4, 0.5) is 0 Å². The van der Waals surface area contributed by atoms with E-state index in [4.69, 9.17) is 37.9 Å². The summed E-state index contributed by atoms with van der Waals surface area (Å²) in [4.78, 5) is 23.0. The molecule has 10 nitrogen and oxygen atoms in total. The first-order valence-corrected chi connectivity index (χ1v) is 17.0. The molecule has 0 radical (unpaired) electrons. The summed E-state index contributed by atoms with van der Waals surface area (Å²) in [7, 11) is 0. The van der Waals surface area contributed by atoms with Gasteiger partial charge in [0.15, 0.2) is 0 Å². The van der Waals surface area contributed by atoms with Crippen LogP contribution in [0.1, 0.15) is 104 Å². The Labute approximate surface area is 267 Å². The number of unbranched alkanes of at least 4 members (excludes halogenated alkanes) is 12. The van der Waals surface area contributed by atoms with Crippen molar-refractivity contribution >= 4 is 11.9 Å². The van der Waals surface area contributed by atoms with Crippen molar-refractivity contribution in [3.05, 3.63) is 12.2 Å². The van der Waals surface area contributed by atoms with Crippen molar-refractivity contribution in [2.75, 3.05) is 92.5 Å². The lowest BCUT2D eigenvalue weighted by Gasteiger charge is -2.09. The van der Waals surface area contributed by atoms with Crippen LogP contribution >= 0.6 is 0 Å². The first kappa shape index (κ1) is 42.4. The van der Waals surface area contributed by atoms with E-state index < -0.39 is 5.97 Å². The van der Waals surface area contributed by atoms with E-state index >= 15 is 0 Å². The Hall–Kier alpha value is -1.56. The molecule has 0 amide bonds. The van der Waals surface area contributed by atoms with Crippen molar-refractivity contribution in [3.63, 3.8) is 0 Å². The fourth-order valence-corrected chi connectivity index (χ4v) is 4.09. The lowest BCUT2D eigenvalue weighted by molar-refractivity contribution is -0.145. The molecule has 0 N–H and O–H groups in total. The highest BCUT2D eigenvalue weighted by Gasteiger charge is 2.03. The summed E-state index contributed by atoms with van der Waals surface area (Å²) in [5.74, 6) is -0.547. The molecule has 0 spiro atoms. The molecule has 0 rings (SSSR count). The molecule has 0 heterocycles. The van der Waals surface area contributed by atoms with E-state index in [0.717, 1.165) is 12.8 Å². The highest BCUT2D eigenvalue weighted by molar-refractivity contribution is 5.86. The van der Waals surface area contributed by atoms with Crippen molar-refractivity contribution < 1.29 is 47.5 Å². The number of carbonyl (C=O) groups is 2. The van der Waals surface area contributed by atoms with Gasteiger partial charge in [-0.3, -0.25) is 4.79 Å². The second-order valence-corrected chi connectivity index (χ2v) is 10.8. The molecule has 0 bridgehead atoms. The van der Waals surface area contributed by atoms with Gasteiger partial charge in [-0.2, -0.15) is 0 Å². The first-order valence-electron chi connectivity index (χ1n) is 17.0. The summed E-state index contributed by atoms with van der Waals surface area (Å²) in [6.45, 7) is 13.2. The monoisotopic (exact) mass is 632 g/mol. The van der Waals surface area contributed by atoms with E-state index in [1.54, 1.807) is 6.92 Å². The number of hydrogen-bond donors (Lipinski definition) is 0. The highest BCUT2D eigenvalue weighted by atomic mass is 16.6. The molecule has 0 fully saturated rings. The predicted octanol–water partition coefficient (Wildman–Crippen LogP) is 6.23. The van der Waals surface area contributed by atoms with E-state index in [0.29, 0.717) is 91.3 Å². The summed E-state index contributed by atoms with van der Waals surface area (Å²) in [5.41, 5.74) is 0.371. The molecule has 0 aliphatic heterocycles. The Bertz CT molecular complexity index is 644. The maximum absolute atomic E-state index is 11.8. The maximum Gasteiger partial charge on any atom is 0.333 e. The Morgan fingerprint density at radius 1 is 0.432 bits per heavy atom. The first-order chi connectivity index (χ1) is 21.6. The summed E-state index contributed by atoms with van der Waals surface area (Å²) in [5, 5.41) is 0. The lowest BCUT2D eigenvalue weighted by atomic mass is 10.0. The van der Waals surface area contributed by atoms with Crippen LogP contribution in [0, 0.1) is 0 Å². The molecule has 0 atom stereocenters. The second kappa shape index (κ2) is 35.9. The molecule has 0 unspecified atom stereocenters. The molecule has 0 aromatic heterocycles. The summed E-state index contributed by atoms with van der Waals surface area (Å²) in [6, 6.07) is 0. The number of esters is 2. The normalized spacial score (nSPS) is 11.1. The molecule has 0 aromatic carbocycles. The summed E-state index contributed by atoms with van der Waals surface area (Å²) >= 11 is 0. The average Bonchev–Trinajstić information content (AvgIpc) is 3.01. The van der Waals surface area contributed by atoms with Crippen molar-refractivity contribution in [1.29, 1.82) is 0 Å². The molecular weight excluding hydrogens is 568 g/mol. The largest absolute Gasteiger partial charge is 0.463 e. The molecule has 0 aromatic rings. The Morgan fingerprint density at radius 3 is 1.07 bits per heavy atom. The van der Waals surface area contributed by atoms with Gasteiger partial charge in [-0.25, -0.2) is 4.79 Å². The van der Waals surface area contributed by atoms with Gasteiger partial charge in [0.1, 0.15) is 13.2 Å². The van der Waals surface area contributed by atoms with Crippen molar-refractivity contribution in [3.8, 4) is 0 Å². The third kappa shape index (κ3) is 34.9.